The van der Waals surface area contributed by atoms with Gasteiger partial charge in [-0.3, -0.25) is 19.1 Å². The Bertz CT molecular complexity index is 1450. The van der Waals surface area contributed by atoms with Crippen molar-refractivity contribution >= 4 is 28.2 Å². The normalized spacial score (nSPS) is 11.2. The summed E-state index contributed by atoms with van der Waals surface area (Å²) in [6.07, 6.45) is 0.791. The summed E-state index contributed by atoms with van der Waals surface area (Å²) in [6.45, 7) is 4.61. The zero-order valence-corrected chi connectivity index (χ0v) is 20.0. The van der Waals surface area contributed by atoms with Crippen LogP contribution in [0, 0.1) is 5.92 Å². The number of hydrogen-bond acceptors (Lipinski definition) is 4. The summed E-state index contributed by atoms with van der Waals surface area (Å²) in [5, 5.41) is 2.13. The number of nitrogen functional groups attached to an aromatic ring is 1. The molecule has 1 amide bonds. The van der Waals surface area contributed by atoms with Crippen molar-refractivity contribution in [2.45, 2.75) is 33.2 Å². The smallest absolute Gasteiger partial charge is 0.330 e. The number of amides is 1. The molecule has 0 spiro atoms. The van der Waals surface area contributed by atoms with E-state index in [0.717, 1.165) is 21.9 Å². The molecule has 1 heterocycles. The minimum atomic E-state index is -0.660. The van der Waals surface area contributed by atoms with Crippen LogP contribution in [0.15, 0.2) is 82.4 Å². The first kappa shape index (κ1) is 24.0. The zero-order valence-electron chi connectivity index (χ0n) is 20.0. The lowest BCUT2D eigenvalue weighted by Crippen LogP contribution is -2.42. The Morgan fingerprint density at radius 3 is 2.34 bits per heavy atom. The molecule has 0 radical (unpaired) electrons. The van der Waals surface area contributed by atoms with Gasteiger partial charge in [-0.2, -0.15) is 0 Å². The Morgan fingerprint density at radius 1 is 0.943 bits per heavy atom. The van der Waals surface area contributed by atoms with Gasteiger partial charge in [-0.25, -0.2) is 4.79 Å². The van der Waals surface area contributed by atoms with E-state index in [1.807, 2.05) is 72.8 Å². The van der Waals surface area contributed by atoms with Crippen LogP contribution in [0.1, 0.15) is 31.4 Å². The predicted molar refractivity (Wildman–Crippen MR) is 141 cm³/mol. The van der Waals surface area contributed by atoms with Crippen molar-refractivity contribution in [1.29, 1.82) is 0 Å². The number of fused-ring (bicyclic) bond motifs is 1. The Kier molecular flexibility index (Phi) is 7.15. The van der Waals surface area contributed by atoms with E-state index < -0.39 is 11.2 Å². The number of aromatic amines is 1. The van der Waals surface area contributed by atoms with E-state index >= 15 is 0 Å². The Hall–Kier alpha value is -4.13. The summed E-state index contributed by atoms with van der Waals surface area (Å²) in [5.74, 6) is 0.0442. The summed E-state index contributed by atoms with van der Waals surface area (Å²) in [5.41, 5.74) is 6.85. The molecule has 0 aliphatic rings. The van der Waals surface area contributed by atoms with Gasteiger partial charge in [0.15, 0.2) is 5.69 Å². The molecule has 1 aromatic heterocycles. The molecule has 35 heavy (non-hydrogen) atoms. The minimum Gasteiger partial charge on any atom is -0.383 e. The molecule has 0 bridgehead atoms. The topological polar surface area (TPSA) is 101 Å². The highest BCUT2D eigenvalue weighted by atomic mass is 16.2. The first-order valence-electron chi connectivity index (χ1n) is 11.8. The molecule has 180 valence electrons. The lowest BCUT2D eigenvalue weighted by Gasteiger charge is -2.25. The van der Waals surface area contributed by atoms with Crippen LogP contribution in [0.4, 0.5) is 11.5 Å². The van der Waals surface area contributed by atoms with Gasteiger partial charge in [-0.1, -0.05) is 86.6 Å². The van der Waals surface area contributed by atoms with E-state index in [1.54, 1.807) is 0 Å². The number of benzene rings is 3. The van der Waals surface area contributed by atoms with E-state index in [2.05, 4.69) is 18.8 Å². The first-order chi connectivity index (χ1) is 16.8. The van der Waals surface area contributed by atoms with Crippen molar-refractivity contribution in [2.75, 3.05) is 17.2 Å². The van der Waals surface area contributed by atoms with E-state index in [0.29, 0.717) is 18.9 Å². The van der Waals surface area contributed by atoms with Gasteiger partial charge in [0.05, 0.1) is 13.0 Å². The maximum atomic E-state index is 13.6. The third-order valence-corrected chi connectivity index (χ3v) is 6.07. The van der Waals surface area contributed by atoms with Crippen molar-refractivity contribution in [2.24, 2.45) is 5.92 Å². The number of rotatable bonds is 8. The highest BCUT2D eigenvalue weighted by Gasteiger charge is 2.24. The Morgan fingerprint density at radius 2 is 1.63 bits per heavy atom. The van der Waals surface area contributed by atoms with Gasteiger partial charge in [0.25, 0.3) is 5.56 Å². The molecule has 4 aromatic rings. The van der Waals surface area contributed by atoms with Crippen LogP contribution in [-0.4, -0.2) is 22.0 Å². The van der Waals surface area contributed by atoms with Crippen LogP contribution in [0.5, 0.6) is 0 Å². The molecule has 0 aliphatic carbocycles. The molecule has 7 heteroatoms. The molecule has 0 aliphatic heterocycles. The zero-order chi connectivity index (χ0) is 24.9. The van der Waals surface area contributed by atoms with Crippen LogP contribution in [0.2, 0.25) is 0 Å². The second-order valence-corrected chi connectivity index (χ2v) is 9.15. The van der Waals surface area contributed by atoms with Crippen molar-refractivity contribution < 1.29 is 4.79 Å². The molecule has 3 N–H and O–H groups in total. The van der Waals surface area contributed by atoms with Crippen LogP contribution in [0.3, 0.4) is 0 Å². The number of hydrogen-bond donors (Lipinski definition) is 2. The molecular formula is C28H30N4O3. The fourth-order valence-electron chi connectivity index (χ4n) is 4.13. The first-order valence-corrected chi connectivity index (χ1v) is 11.8. The lowest BCUT2D eigenvalue weighted by molar-refractivity contribution is -0.118. The molecule has 7 nitrogen and oxygen atoms in total. The Labute approximate surface area is 203 Å². The minimum absolute atomic E-state index is 0.0155. The fourth-order valence-corrected chi connectivity index (χ4v) is 4.13. The number of anilines is 2. The van der Waals surface area contributed by atoms with E-state index in [-0.39, 0.29) is 30.4 Å². The summed E-state index contributed by atoms with van der Waals surface area (Å²) < 4.78 is 1.30. The molecule has 3 aromatic carbocycles. The molecule has 0 atom stereocenters. The van der Waals surface area contributed by atoms with Gasteiger partial charge in [0, 0.05) is 6.54 Å². The van der Waals surface area contributed by atoms with Gasteiger partial charge in [0.2, 0.25) is 5.91 Å². The number of H-pyrrole nitrogens is 1. The quantitative estimate of drug-likeness (QED) is 0.407. The van der Waals surface area contributed by atoms with Crippen molar-refractivity contribution in [3.05, 3.63) is 105 Å². The molecular weight excluding hydrogens is 440 g/mol. The second-order valence-electron chi connectivity index (χ2n) is 9.15. The highest BCUT2D eigenvalue weighted by molar-refractivity contribution is 5.97. The summed E-state index contributed by atoms with van der Waals surface area (Å²) >= 11 is 0. The van der Waals surface area contributed by atoms with Gasteiger partial charge < -0.3 is 10.6 Å². The van der Waals surface area contributed by atoms with Gasteiger partial charge in [0.1, 0.15) is 5.82 Å². The van der Waals surface area contributed by atoms with Crippen molar-refractivity contribution in [3.63, 3.8) is 0 Å². The van der Waals surface area contributed by atoms with Crippen molar-refractivity contribution in [1.82, 2.24) is 9.55 Å². The number of carbonyl (C=O) groups excluding carboxylic acids is 1. The molecule has 0 unspecified atom stereocenters. The van der Waals surface area contributed by atoms with Gasteiger partial charge in [-0.15, -0.1) is 0 Å². The summed E-state index contributed by atoms with van der Waals surface area (Å²) in [7, 11) is 0. The monoisotopic (exact) mass is 470 g/mol. The maximum absolute atomic E-state index is 13.6. The van der Waals surface area contributed by atoms with Crippen LogP contribution in [-0.2, 0) is 17.8 Å². The molecule has 0 fully saturated rings. The van der Waals surface area contributed by atoms with Crippen LogP contribution < -0.4 is 21.9 Å². The lowest BCUT2D eigenvalue weighted by atomic mass is 10.0. The highest BCUT2D eigenvalue weighted by Crippen LogP contribution is 2.22. The number of nitrogens with two attached hydrogens (primary N) is 1. The predicted octanol–water partition coefficient (Wildman–Crippen LogP) is 3.94. The molecule has 0 saturated heterocycles. The molecule has 4 rings (SSSR count). The van der Waals surface area contributed by atoms with Gasteiger partial charge >= 0.3 is 5.69 Å². The van der Waals surface area contributed by atoms with E-state index in [1.165, 1.54) is 9.47 Å². The molecule has 0 saturated carbocycles. The SMILES string of the molecule is CC(C)CCN(C(=O)Cc1ccc2ccccc2c1)c1c(N)n(Cc2ccccc2)c(=O)[nH]c1=O. The number of nitrogens with one attached hydrogen (secondary N) is 1. The average molecular weight is 471 g/mol. The number of carbonyl (C=O) groups is 1. The third-order valence-electron chi connectivity index (χ3n) is 6.07. The van der Waals surface area contributed by atoms with Crippen LogP contribution >= 0.6 is 0 Å². The fraction of sp³-hybridized carbons (Fsp3) is 0.250. The second kappa shape index (κ2) is 10.4. The number of aromatic nitrogens is 2. The van der Waals surface area contributed by atoms with E-state index in [4.69, 9.17) is 5.73 Å². The van der Waals surface area contributed by atoms with E-state index in [9.17, 15) is 14.4 Å². The summed E-state index contributed by atoms with van der Waals surface area (Å²) in [6, 6.07) is 23.2. The Balaban J connectivity index is 1.72. The average Bonchev–Trinajstić information content (AvgIpc) is 2.84. The van der Waals surface area contributed by atoms with Gasteiger partial charge in [-0.05, 0) is 34.2 Å². The summed E-state index contributed by atoms with van der Waals surface area (Å²) in [4.78, 5) is 42.9. The number of nitrogens with zero attached hydrogens (tertiary/aromatic N) is 2. The standard InChI is InChI=1S/C28H30N4O3/c1-19(2)14-15-31(24(33)17-21-12-13-22-10-6-7-11-23(22)16-21)25-26(29)32(28(35)30-27(25)34)18-20-8-4-3-5-9-20/h3-13,16,19H,14-15,17-18,29H2,1-2H3,(H,30,34,35). The van der Waals surface area contributed by atoms with Crippen LogP contribution in [0.25, 0.3) is 10.8 Å². The third kappa shape index (κ3) is 5.51. The largest absolute Gasteiger partial charge is 0.383 e. The maximum Gasteiger partial charge on any atom is 0.330 e. The van der Waals surface area contributed by atoms with Crippen molar-refractivity contribution in [3.8, 4) is 0 Å².